The Morgan fingerprint density at radius 3 is 2.65 bits per heavy atom. The van der Waals surface area contributed by atoms with E-state index in [1.54, 1.807) is 38.4 Å². The van der Waals surface area contributed by atoms with E-state index in [0.717, 1.165) is 14.6 Å². The van der Waals surface area contributed by atoms with E-state index in [0.29, 0.717) is 11.4 Å². The summed E-state index contributed by atoms with van der Waals surface area (Å²) in [6.45, 7) is 1.98. The van der Waals surface area contributed by atoms with Crippen molar-refractivity contribution in [1.29, 1.82) is 0 Å². The molecule has 2 aromatic rings. The van der Waals surface area contributed by atoms with E-state index in [4.69, 9.17) is 4.74 Å². The summed E-state index contributed by atoms with van der Waals surface area (Å²) in [5.41, 5.74) is 0.638. The summed E-state index contributed by atoms with van der Waals surface area (Å²) in [5, 5.41) is 2.82. The van der Waals surface area contributed by atoms with Crippen molar-refractivity contribution < 1.29 is 14.3 Å². The van der Waals surface area contributed by atoms with Gasteiger partial charge in [-0.05, 0) is 49.2 Å². The van der Waals surface area contributed by atoms with Gasteiger partial charge in [0.25, 0.3) is 0 Å². The van der Waals surface area contributed by atoms with Crippen LogP contribution >= 0.6 is 23.3 Å². The summed E-state index contributed by atoms with van der Waals surface area (Å²) in [4.78, 5) is 28.0. The van der Waals surface area contributed by atoms with Crippen LogP contribution in [0.2, 0.25) is 0 Å². The van der Waals surface area contributed by atoms with Crippen LogP contribution in [-0.4, -0.2) is 30.3 Å². The molecule has 0 bridgehead atoms. The molecule has 2 heterocycles. The minimum absolute atomic E-state index is 0.199. The van der Waals surface area contributed by atoms with E-state index < -0.39 is 5.92 Å². The number of rotatable bonds is 3. The number of methoxy groups -OCH3 is 1. The van der Waals surface area contributed by atoms with Crippen molar-refractivity contribution >= 4 is 40.8 Å². The Kier molecular flexibility index (Phi) is 4.32. The first-order valence-corrected chi connectivity index (χ1v) is 8.59. The molecule has 2 amide bonds. The first kappa shape index (κ1) is 15.9. The predicted octanol–water partition coefficient (Wildman–Crippen LogP) is 3.27. The van der Waals surface area contributed by atoms with Gasteiger partial charge in [-0.1, -0.05) is 0 Å². The molecule has 120 valence electrons. The molecule has 1 atom stereocenters. The lowest BCUT2D eigenvalue weighted by atomic mass is 10.1. The van der Waals surface area contributed by atoms with E-state index >= 15 is 0 Å². The summed E-state index contributed by atoms with van der Waals surface area (Å²) < 4.78 is 6.62. The molecule has 1 unspecified atom stereocenters. The molecule has 1 aromatic carbocycles. The summed E-state index contributed by atoms with van der Waals surface area (Å²) >= 11 is 2.87. The smallest absolute Gasteiger partial charge is 0.250 e. The minimum atomic E-state index is -0.794. The zero-order valence-corrected chi connectivity index (χ0v) is 14.6. The Hall–Kier alpha value is -1.99. The van der Waals surface area contributed by atoms with E-state index in [9.17, 15) is 9.59 Å². The molecule has 1 aliphatic rings. The van der Waals surface area contributed by atoms with E-state index in [1.165, 1.54) is 27.6 Å². The highest BCUT2D eigenvalue weighted by Gasteiger charge is 2.39. The zero-order chi connectivity index (χ0) is 16.6. The maximum Gasteiger partial charge on any atom is 0.250 e. The molecule has 0 spiro atoms. The predicted molar refractivity (Wildman–Crippen MR) is 92.0 cm³/mol. The van der Waals surface area contributed by atoms with Gasteiger partial charge >= 0.3 is 0 Å². The van der Waals surface area contributed by atoms with Crippen molar-refractivity contribution in [3.8, 4) is 5.75 Å². The number of thiophene rings is 1. The highest BCUT2D eigenvalue weighted by Crippen LogP contribution is 2.43. The molecule has 5 nitrogen and oxygen atoms in total. The third kappa shape index (κ3) is 3.07. The number of carbonyl (C=O) groups is 2. The third-order valence-electron chi connectivity index (χ3n) is 3.52. The molecule has 0 aliphatic carbocycles. The summed E-state index contributed by atoms with van der Waals surface area (Å²) in [5.74, 6) is -0.591. The summed E-state index contributed by atoms with van der Waals surface area (Å²) in [7, 11) is 3.28. The molecule has 1 N–H and O–H groups in total. The number of hydrogen-bond donors (Lipinski definition) is 1. The lowest BCUT2D eigenvalue weighted by molar-refractivity contribution is -0.132. The Morgan fingerprint density at radius 2 is 2.00 bits per heavy atom. The van der Waals surface area contributed by atoms with Gasteiger partial charge in [0.1, 0.15) is 5.75 Å². The molecular formula is C16H16N2O3S2. The fourth-order valence-electron chi connectivity index (χ4n) is 2.39. The molecular weight excluding hydrogens is 332 g/mol. The largest absolute Gasteiger partial charge is 0.497 e. The number of benzene rings is 1. The number of fused-ring (bicyclic) bond motifs is 1. The van der Waals surface area contributed by atoms with Crippen LogP contribution < -0.4 is 10.1 Å². The van der Waals surface area contributed by atoms with Gasteiger partial charge in [0, 0.05) is 27.4 Å². The Morgan fingerprint density at radius 1 is 1.30 bits per heavy atom. The maximum absolute atomic E-state index is 12.7. The molecule has 0 saturated heterocycles. The highest BCUT2D eigenvalue weighted by molar-refractivity contribution is 7.97. The van der Waals surface area contributed by atoms with Crippen molar-refractivity contribution in [2.75, 3.05) is 19.5 Å². The quantitative estimate of drug-likeness (QED) is 0.683. The summed E-state index contributed by atoms with van der Waals surface area (Å²) in [6, 6.07) is 9.05. The van der Waals surface area contributed by atoms with Crippen LogP contribution in [0.4, 0.5) is 5.69 Å². The van der Waals surface area contributed by atoms with Crippen molar-refractivity contribution in [2.24, 2.45) is 0 Å². The lowest BCUT2D eigenvalue weighted by Crippen LogP contribution is -2.37. The fraction of sp³-hybridized carbons (Fsp3) is 0.250. The molecule has 23 heavy (non-hydrogen) atoms. The van der Waals surface area contributed by atoms with Crippen molar-refractivity contribution in [1.82, 2.24) is 4.31 Å². The van der Waals surface area contributed by atoms with Gasteiger partial charge in [-0.3, -0.25) is 13.9 Å². The van der Waals surface area contributed by atoms with E-state index in [-0.39, 0.29) is 11.8 Å². The molecule has 0 saturated carbocycles. The minimum Gasteiger partial charge on any atom is -0.497 e. The van der Waals surface area contributed by atoms with Gasteiger partial charge in [0.15, 0.2) is 5.92 Å². The van der Waals surface area contributed by atoms with Gasteiger partial charge in [-0.25, -0.2) is 0 Å². The highest BCUT2D eigenvalue weighted by atomic mass is 32.2. The van der Waals surface area contributed by atoms with Gasteiger partial charge < -0.3 is 10.1 Å². The molecule has 1 aliphatic heterocycles. The third-order valence-corrected chi connectivity index (χ3v) is 5.76. The first-order valence-electron chi connectivity index (χ1n) is 7.00. The van der Waals surface area contributed by atoms with Crippen molar-refractivity contribution in [2.45, 2.75) is 17.7 Å². The zero-order valence-electron chi connectivity index (χ0n) is 13.0. The standard InChI is InChI=1S/C16H16N2O3S2/c1-9-8-12-14(22-9)13(16(20)18(2)23-12)15(19)17-10-4-6-11(21-3)7-5-10/h4-8,13H,1-3H3,(H,17,19). The second-order valence-corrected chi connectivity index (χ2v) is 7.62. The number of hydrogen-bond acceptors (Lipinski definition) is 5. The van der Waals surface area contributed by atoms with Crippen LogP contribution in [0.5, 0.6) is 5.75 Å². The van der Waals surface area contributed by atoms with Gasteiger partial charge in [0.2, 0.25) is 11.8 Å². The second-order valence-electron chi connectivity index (χ2n) is 5.16. The van der Waals surface area contributed by atoms with Crippen LogP contribution in [0, 0.1) is 6.92 Å². The summed E-state index contributed by atoms with van der Waals surface area (Å²) in [6.07, 6.45) is 0. The topological polar surface area (TPSA) is 58.6 Å². The van der Waals surface area contributed by atoms with Crippen molar-refractivity contribution in [3.63, 3.8) is 0 Å². The first-order chi connectivity index (χ1) is 11.0. The molecule has 0 radical (unpaired) electrons. The number of anilines is 1. The number of aryl methyl sites for hydroxylation is 1. The second kappa shape index (κ2) is 6.25. The Labute approximate surface area is 142 Å². The molecule has 3 rings (SSSR count). The molecule has 1 aromatic heterocycles. The Balaban J connectivity index is 1.86. The number of carbonyl (C=O) groups excluding carboxylic acids is 2. The average Bonchev–Trinajstić information content (AvgIpc) is 2.88. The van der Waals surface area contributed by atoms with E-state index in [1.807, 2.05) is 13.0 Å². The van der Waals surface area contributed by atoms with Gasteiger partial charge in [-0.2, -0.15) is 0 Å². The SMILES string of the molecule is COc1ccc(NC(=O)C2C(=O)N(C)Sc3cc(C)sc32)cc1. The molecule has 0 fully saturated rings. The maximum atomic E-state index is 12.7. The van der Waals surface area contributed by atoms with Crippen LogP contribution in [-0.2, 0) is 9.59 Å². The number of amides is 2. The van der Waals surface area contributed by atoms with Gasteiger partial charge in [-0.15, -0.1) is 11.3 Å². The number of likely N-dealkylation sites (N-methyl/N-ethyl adjacent to an activating group) is 1. The van der Waals surface area contributed by atoms with E-state index in [2.05, 4.69) is 5.32 Å². The number of ether oxygens (including phenoxy) is 1. The number of nitrogens with one attached hydrogen (secondary N) is 1. The fourth-order valence-corrected chi connectivity index (χ4v) is 4.64. The van der Waals surface area contributed by atoms with Crippen LogP contribution in [0.3, 0.4) is 0 Å². The normalized spacial score (nSPS) is 16.9. The monoisotopic (exact) mass is 348 g/mol. The lowest BCUT2D eigenvalue weighted by Gasteiger charge is -2.27. The van der Waals surface area contributed by atoms with Gasteiger partial charge in [0.05, 0.1) is 7.11 Å². The Bertz CT molecular complexity index is 755. The average molecular weight is 348 g/mol. The van der Waals surface area contributed by atoms with Crippen molar-refractivity contribution in [3.05, 3.63) is 40.1 Å². The molecule has 7 heteroatoms. The van der Waals surface area contributed by atoms with Crippen LogP contribution in [0.15, 0.2) is 35.2 Å². The van der Waals surface area contributed by atoms with Crippen LogP contribution in [0.25, 0.3) is 0 Å². The number of nitrogens with zero attached hydrogens (tertiary/aromatic N) is 1. The van der Waals surface area contributed by atoms with Crippen LogP contribution in [0.1, 0.15) is 15.7 Å².